The van der Waals surface area contributed by atoms with Crippen LogP contribution in [0.5, 0.6) is 0 Å². The lowest BCUT2D eigenvalue weighted by Crippen LogP contribution is -2.47. The van der Waals surface area contributed by atoms with Crippen LogP contribution in [-0.4, -0.2) is 17.9 Å². The van der Waals surface area contributed by atoms with Crippen molar-refractivity contribution in [1.82, 2.24) is 10.6 Å². The molecule has 0 aromatic heterocycles. The number of benzene rings is 1. The molecular formula is C20H33N3O2. The van der Waals surface area contributed by atoms with E-state index in [2.05, 4.69) is 17.6 Å². The number of carbonyl (C=O) groups excluding carboxylic acids is 2. The Hall–Kier alpha value is -1.88. The first-order valence-corrected chi connectivity index (χ1v) is 9.31. The predicted octanol–water partition coefficient (Wildman–Crippen LogP) is 2.87. The minimum absolute atomic E-state index is 0.0422. The fourth-order valence-electron chi connectivity index (χ4n) is 2.68. The molecule has 4 N–H and O–H groups in total. The van der Waals surface area contributed by atoms with Crippen molar-refractivity contribution in [1.29, 1.82) is 0 Å². The Morgan fingerprint density at radius 2 is 1.88 bits per heavy atom. The lowest BCUT2D eigenvalue weighted by atomic mass is 10.0. The van der Waals surface area contributed by atoms with Crippen LogP contribution in [0, 0.1) is 5.92 Å². The summed E-state index contributed by atoms with van der Waals surface area (Å²) in [6.45, 7) is 7.12. The molecule has 5 heteroatoms. The second-order valence-corrected chi connectivity index (χ2v) is 6.95. The van der Waals surface area contributed by atoms with Crippen molar-refractivity contribution in [3.63, 3.8) is 0 Å². The van der Waals surface area contributed by atoms with Gasteiger partial charge in [0, 0.05) is 19.5 Å². The van der Waals surface area contributed by atoms with Crippen LogP contribution in [0.3, 0.4) is 0 Å². The summed E-state index contributed by atoms with van der Waals surface area (Å²) in [4.78, 5) is 24.6. The van der Waals surface area contributed by atoms with E-state index in [1.54, 1.807) is 0 Å². The zero-order valence-electron chi connectivity index (χ0n) is 15.8. The van der Waals surface area contributed by atoms with E-state index in [1.165, 1.54) is 0 Å². The number of amides is 2. The monoisotopic (exact) mass is 347 g/mol. The maximum absolute atomic E-state index is 12.5. The van der Waals surface area contributed by atoms with Gasteiger partial charge in [-0.1, -0.05) is 57.9 Å². The number of rotatable bonds is 11. The van der Waals surface area contributed by atoms with Gasteiger partial charge in [0.2, 0.25) is 11.8 Å². The summed E-state index contributed by atoms with van der Waals surface area (Å²) < 4.78 is 0. The second-order valence-electron chi connectivity index (χ2n) is 6.95. The lowest BCUT2D eigenvalue weighted by Gasteiger charge is -2.20. The Morgan fingerprint density at radius 1 is 1.16 bits per heavy atom. The summed E-state index contributed by atoms with van der Waals surface area (Å²) in [6, 6.07) is 7.36. The van der Waals surface area contributed by atoms with Gasteiger partial charge in [0.1, 0.15) is 6.04 Å². The molecular weight excluding hydrogens is 314 g/mol. The predicted molar refractivity (Wildman–Crippen MR) is 102 cm³/mol. The van der Waals surface area contributed by atoms with E-state index in [1.807, 2.05) is 38.1 Å². The fourth-order valence-corrected chi connectivity index (χ4v) is 2.68. The van der Waals surface area contributed by atoms with Gasteiger partial charge < -0.3 is 16.4 Å². The molecule has 0 aliphatic rings. The zero-order chi connectivity index (χ0) is 18.7. The van der Waals surface area contributed by atoms with Gasteiger partial charge >= 0.3 is 0 Å². The van der Waals surface area contributed by atoms with Crippen LogP contribution in [0.25, 0.3) is 0 Å². The van der Waals surface area contributed by atoms with Crippen molar-refractivity contribution in [3.05, 3.63) is 35.4 Å². The lowest BCUT2D eigenvalue weighted by molar-refractivity contribution is -0.129. The van der Waals surface area contributed by atoms with Gasteiger partial charge in [0.15, 0.2) is 0 Å². The van der Waals surface area contributed by atoms with E-state index in [0.29, 0.717) is 31.8 Å². The highest BCUT2D eigenvalue weighted by Crippen LogP contribution is 2.08. The van der Waals surface area contributed by atoms with Crippen LogP contribution in [0.15, 0.2) is 24.3 Å². The van der Waals surface area contributed by atoms with Crippen LogP contribution in [0.1, 0.15) is 64.0 Å². The number of hydrogen-bond donors (Lipinski definition) is 3. The minimum Gasteiger partial charge on any atom is -0.350 e. The summed E-state index contributed by atoms with van der Waals surface area (Å²) in [5, 5.41) is 5.83. The number of unbranched alkanes of at least 4 members (excludes halogenated alkanes) is 2. The number of nitrogens with two attached hydrogens (primary N) is 1. The second kappa shape index (κ2) is 11.6. The van der Waals surface area contributed by atoms with Crippen molar-refractivity contribution >= 4 is 11.8 Å². The van der Waals surface area contributed by atoms with Crippen molar-refractivity contribution in [3.8, 4) is 0 Å². The Bertz CT molecular complexity index is 543. The van der Waals surface area contributed by atoms with Gasteiger partial charge in [-0.15, -0.1) is 0 Å². The number of hydrogen-bond acceptors (Lipinski definition) is 3. The summed E-state index contributed by atoms with van der Waals surface area (Å²) in [7, 11) is 0. The average Bonchev–Trinajstić information content (AvgIpc) is 2.59. The highest BCUT2D eigenvalue weighted by Gasteiger charge is 2.21. The van der Waals surface area contributed by atoms with Crippen molar-refractivity contribution in [2.75, 3.05) is 0 Å². The van der Waals surface area contributed by atoms with Crippen LogP contribution >= 0.6 is 0 Å². The van der Waals surface area contributed by atoms with E-state index in [-0.39, 0.29) is 11.8 Å². The maximum Gasteiger partial charge on any atom is 0.242 e. The molecule has 140 valence electrons. The first kappa shape index (κ1) is 21.2. The molecule has 0 bridgehead atoms. The Kier molecular flexibility index (Phi) is 9.85. The summed E-state index contributed by atoms with van der Waals surface area (Å²) >= 11 is 0. The first-order valence-electron chi connectivity index (χ1n) is 9.31. The van der Waals surface area contributed by atoms with Gasteiger partial charge in [-0.3, -0.25) is 9.59 Å². The molecule has 0 fully saturated rings. The van der Waals surface area contributed by atoms with Gasteiger partial charge in [-0.2, -0.15) is 0 Å². The Balaban J connectivity index is 2.58. The standard InChI is InChI=1S/C20H33N3O2/c1-4-5-6-10-19(24)23-18(11-15(2)3)20(25)22-14-17-9-7-8-16(12-17)13-21/h7-9,12,15,18H,4-6,10-11,13-14,21H2,1-3H3,(H,22,25)(H,23,24)/t18-/m0/s1. The van der Waals surface area contributed by atoms with E-state index < -0.39 is 6.04 Å². The van der Waals surface area contributed by atoms with Crippen LogP contribution < -0.4 is 16.4 Å². The van der Waals surface area contributed by atoms with Gasteiger partial charge in [0.25, 0.3) is 0 Å². The first-order chi connectivity index (χ1) is 12.0. The molecule has 1 atom stereocenters. The molecule has 2 amide bonds. The van der Waals surface area contributed by atoms with Crippen LogP contribution in [-0.2, 0) is 22.7 Å². The molecule has 0 unspecified atom stereocenters. The molecule has 1 aromatic rings. The molecule has 0 aliphatic heterocycles. The van der Waals surface area contributed by atoms with Crippen LogP contribution in [0.4, 0.5) is 0 Å². The number of nitrogens with one attached hydrogen (secondary N) is 2. The molecule has 1 aromatic carbocycles. The molecule has 0 saturated heterocycles. The molecule has 0 heterocycles. The number of carbonyl (C=O) groups is 2. The highest BCUT2D eigenvalue weighted by molar-refractivity contribution is 5.87. The molecule has 1 rings (SSSR count). The molecule has 0 spiro atoms. The van der Waals surface area contributed by atoms with E-state index in [4.69, 9.17) is 5.73 Å². The maximum atomic E-state index is 12.5. The van der Waals surface area contributed by atoms with Crippen molar-refractivity contribution in [2.24, 2.45) is 11.7 Å². The molecule has 0 radical (unpaired) electrons. The normalized spacial score (nSPS) is 12.0. The Labute approximate surface area is 151 Å². The van der Waals surface area contributed by atoms with Gasteiger partial charge in [0.05, 0.1) is 0 Å². The summed E-state index contributed by atoms with van der Waals surface area (Å²) in [6.07, 6.45) is 4.09. The van der Waals surface area contributed by atoms with E-state index in [0.717, 1.165) is 30.4 Å². The average molecular weight is 348 g/mol. The third-order valence-corrected chi connectivity index (χ3v) is 4.06. The third kappa shape index (κ3) is 8.68. The van der Waals surface area contributed by atoms with E-state index in [9.17, 15) is 9.59 Å². The molecule has 0 aliphatic carbocycles. The molecule has 0 saturated carbocycles. The fraction of sp³-hybridized carbons (Fsp3) is 0.600. The summed E-state index contributed by atoms with van der Waals surface area (Å²) in [5.74, 6) is 0.155. The largest absolute Gasteiger partial charge is 0.350 e. The smallest absolute Gasteiger partial charge is 0.242 e. The summed E-state index contributed by atoms with van der Waals surface area (Å²) in [5.41, 5.74) is 7.69. The zero-order valence-corrected chi connectivity index (χ0v) is 15.8. The topological polar surface area (TPSA) is 84.2 Å². The van der Waals surface area contributed by atoms with Gasteiger partial charge in [-0.05, 0) is 29.9 Å². The minimum atomic E-state index is -0.480. The molecule has 25 heavy (non-hydrogen) atoms. The quantitative estimate of drug-likeness (QED) is 0.538. The third-order valence-electron chi connectivity index (χ3n) is 4.06. The van der Waals surface area contributed by atoms with Gasteiger partial charge in [-0.25, -0.2) is 0 Å². The Morgan fingerprint density at radius 3 is 2.52 bits per heavy atom. The van der Waals surface area contributed by atoms with Crippen LogP contribution in [0.2, 0.25) is 0 Å². The van der Waals surface area contributed by atoms with E-state index >= 15 is 0 Å². The highest BCUT2D eigenvalue weighted by atomic mass is 16.2. The SMILES string of the molecule is CCCCCC(=O)N[C@@H](CC(C)C)C(=O)NCc1cccc(CN)c1. The van der Waals surface area contributed by atoms with Crippen molar-refractivity contribution < 1.29 is 9.59 Å². The van der Waals surface area contributed by atoms with Crippen molar-refractivity contribution in [2.45, 2.75) is 72.0 Å². The molecule has 5 nitrogen and oxygen atoms in total.